The maximum absolute atomic E-state index is 12.6. The highest BCUT2D eigenvalue weighted by Gasteiger charge is 2.44. The van der Waals surface area contributed by atoms with Gasteiger partial charge in [-0.05, 0) is 25.6 Å². The van der Waals surface area contributed by atoms with Gasteiger partial charge in [0.25, 0.3) is 5.91 Å². The number of nitrogens with zero attached hydrogens (tertiary/aromatic N) is 3. The van der Waals surface area contributed by atoms with Crippen molar-refractivity contribution in [3.8, 4) is 0 Å². The fraction of sp³-hybridized carbons (Fsp3) is 0.429. The van der Waals surface area contributed by atoms with Crippen LogP contribution in [0.3, 0.4) is 0 Å². The molecule has 1 aromatic carbocycles. The molecule has 2 aliphatic rings. The molecule has 3 heterocycles. The van der Waals surface area contributed by atoms with Gasteiger partial charge in [0.15, 0.2) is 11.3 Å². The molecule has 2 aliphatic heterocycles. The fourth-order valence-corrected chi connectivity index (χ4v) is 3.29. The molecule has 5 heteroatoms. The number of para-hydroxylation sites is 1. The van der Waals surface area contributed by atoms with Crippen LogP contribution in [0.5, 0.6) is 0 Å². The number of likely N-dealkylation sites (tertiary alicyclic amines) is 2. The smallest absolute Gasteiger partial charge is 0.277 e. The highest BCUT2D eigenvalue weighted by atomic mass is 16.5. The second-order valence-electron chi connectivity index (χ2n) is 5.47. The number of benzene rings is 1. The van der Waals surface area contributed by atoms with Gasteiger partial charge in [0.05, 0.1) is 5.39 Å². The molecule has 98 valence electrons. The van der Waals surface area contributed by atoms with Gasteiger partial charge >= 0.3 is 0 Å². The van der Waals surface area contributed by atoms with Crippen LogP contribution in [0.15, 0.2) is 28.8 Å². The van der Waals surface area contributed by atoms with E-state index in [1.807, 2.05) is 29.2 Å². The first-order valence-corrected chi connectivity index (χ1v) is 6.59. The number of rotatable bonds is 1. The van der Waals surface area contributed by atoms with Crippen LogP contribution in [0.4, 0.5) is 0 Å². The third-order valence-electron chi connectivity index (χ3n) is 4.36. The van der Waals surface area contributed by atoms with Crippen molar-refractivity contribution in [3.05, 3.63) is 30.0 Å². The Kier molecular flexibility index (Phi) is 2.20. The molecule has 4 rings (SSSR count). The Morgan fingerprint density at radius 1 is 1.32 bits per heavy atom. The maximum atomic E-state index is 12.6. The van der Waals surface area contributed by atoms with E-state index in [4.69, 9.17) is 4.52 Å². The number of aromatic nitrogens is 1. The predicted octanol–water partition coefficient (Wildman–Crippen LogP) is 1.36. The first kappa shape index (κ1) is 11.0. The summed E-state index contributed by atoms with van der Waals surface area (Å²) < 4.78 is 5.22. The van der Waals surface area contributed by atoms with Gasteiger partial charge in [-0.1, -0.05) is 17.3 Å². The quantitative estimate of drug-likeness (QED) is 0.774. The van der Waals surface area contributed by atoms with Crippen molar-refractivity contribution < 1.29 is 9.32 Å². The third kappa shape index (κ3) is 1.51. The van der Waals surface area contributed by atoms with Gasteiger partial charge in [-0.3, -0.25) is 9.69 Å². The number of amides is 1. The molecule has 2 saturated heterocycles. The van der Waals surface area contributed by atoms with E-state index in [1.165, 1.54) is 0 Å². The van der Waals surface area contributed by atoms with E-state index < -0.39 is 0 Å². The zero-order chi connectivity index (χ0) is 13.0. The van der Waals surface area contributed by atoms with Gasteiger partial charge in [0, 0.05) is 25.2 Å². The summed E-state index contributed by atoms with van der Waals surface area (Å²) in [4.78, 5) is 16.9. The number of piperazine rings is 1. The molecule has 0 saturated carbocycles. The van der Waals surface area contributed by atoms with E-state index in [-0.39, 0.29) is 5.91 Å². The molecular formula is C14H15N3O2. The van der Waals surface area contributed by atoms with Crippen molar-refractivity contribution in [3.63, 3.8) is 0 Å². The van der Waals surface area contributed by atoms with Crippen molar-refractivity contribution in [2.75, 3.05) is 20.1 Å². The molecule has 0 N–H and O–H groups in total. The standard InChI is InChI=1S/C14H15N3O2/c1-16-7-10-6-9(16)8-17(10)14(18)13-11-4-2-3-5-12(11)19-15-13/h2-5,9-10H,6-8H2,1H3. The Morgan fingerprint density at radius 2 is 2.16 bits per heavy atom. The molecule has 2 unspecified atom stereocenters. The Morgan fingerprint density at radius 3 is 2.89 bits per heavy atom. The summed E-state index contributed by atoms with van der Waals surface area (Å²) in [6.45, 7) is 1.77. The van der Waals surface area contributed by atoms with Gasteiger partial charge in [-0.15, -0.1) is 0 Å². The molecule has 1 amide bonds. The van der Waals surface area contributed by atoms with Crippen LogP contribution in [0.1, 0.15) is 16.9 Å². The van der Waals surface area contributed by atoms with Gasteiger partial charge in [0.1, 0.15) is 0 Å². The minimum absolute atomic E-state index is 0.00514. The fourth-order valence-electron chi connectivity index (χ4n) is 3.29. The van der Waals surface area contributed by atoms with Crippen molar-refractivity contribution in [1.29, 1.82) is 0 Å². The van der Waals surface area contributed by atoms with Gasteiger partial charge in [0.2, 0.25) is 0 Å². The Balaban J connectivity index is 1.68. The molecule has 2 fully saturated rings. The van der Waals surface area contributed by atoms with Crippen LogP contribution in [-0.4, -0.2) is 53.1 Å². The van der Waals surface area contributed by atoms with Crippen LogP contribution in [0.2, 0.25) is 0 Å². The number of carbonyl (C=O) groups excluding carboxylic acids is 1. The normalized spacial score (nSPS) is 26.5. The first-order chi connectivity index (χ1) is 9.24. The van der Waals surface area contributed by atoms with Gasteiger partial charge in [-0.2, -0.15) is 0 Å². The van der Waals surface area contributed by atoms with Crippen LogP contribution < -0.4 is 0 Å². The van der Waals surface area contributed by atoms with E-state index >= 15 is 0 Å². The zero-order valence-corrected chi connectivity index (χ0v) is 10.7. The zero-order valence-electron chi connectivity index (χ0n) is 10.7. The topological polar surface area (TPSA) is 49.6 Å². The van der Waals surface area contributed by atoms with E-state index in [1.54, 1.807) is 0 Å². The summed E-state index contributed by atoms with van der Waals surface area (Å²) in [5.74, 6) is 0.00514. The highest BCUT2D eigenvalue weighted by Crippen LogP contribution is 2.31. The third-order valence-corrected chi connectivity index (χ3v) is 4.36. The first-order valence-electron chi connectivity index (χ1n) is 6.59. The summed E-state index contributed by atoms with van der Waals surface area (Å²) >= 11 is 0. The Labute approximate surface area is 110 Å². The Hall–Kier alpha value is -1.88. The SMILES string of the molecule is CN1CC2CC1CN2C(=O)c1noc2ccccc12. The monoisotopic (exact) mass is 257 g/mol. The summed E-state index contributed by atoms with van der Waals surface area (Å²) in [7, 11) is 2.12. The van der Waals surface area contributed by atoms with Crippen LogP contribution in [0, 0.1) is 0 Å². The van der Waals surface area contributed by atoms with E-state index in [9.17, 15) is 4.79 Å². The van der Waals surface area contributed by atoms with E-state index in [2.05, 4.69) is 17.1 Å². The lowest BCUT2D eigenvalue weighted by Gasteiger charge is -2.31. The minimum atomic E-state index is 0.00514. The molecule has 2 aromatic rings. The molecule has 0 aliphatic carbocycles. The molecule has 19 heavy (non-hydrogen) atoms. The van der Waals surface area contributed by atoms with E-state index in [0.29, 0.717) is 23.4 Å². The highest BCUT2D eigenvalue weighted by molar-refractivity contribution is 6.04. The molecule has 2 atom stereocenters. The van der Waals surface area contributed by atoms with Crippen molar-refractivity contribution in [2.24, 2.45) is 0 Å². The molecular weight excluding hydrogens is 242 g/mol. The number of hydrogen-bond acceptors (Lipinski definition) is 4. The second-order valence-corrected chi connectivity index (χ2v) is 5.47. The average molecular weight is 257 g/mol. The van der Waals surface area contributed by atoms with Crippen LogP contribution >= 0.6 is 0 Å². The second kappa shape index (κ2) is 3.81. The van der Waals surface area contributed by atoms with E-state index in [0.717, 1.165) is 24.9 Å². The van der Waals surface area contributed by atoms with Crippen molar-refractivity contribution in [1.82, 2.24) is 15.0 Å². The molecule has 2 bridgehead atoms. The minimum Gasteiger partial charge on any atom is -0.355 e. The summed E-state index contributed by atoms with van der Waals surface area (Å²) in [6.07, 6.45) is 1.08. The molecule has 1 aromatic heterocycles. The lowest BCUT2D eigenvalue weighted by atomic mass is 10.2. The predicted molar refractivity (Wildman–Crippen MR) is 69.9 cm³/mol. The maximum Gasteiger partial charge on any atom is 0.277 e. The number of likely N-dealkylation sites (N-methyl/N-ethyl adjacent to an activating group) is 1. The average Bonchev–Trinajstić information content (AvgIpc) is 3.10. The largest absolute Gasteiger partial charge is 0.355 e. The van der Waals surface area contributed by atoms with Crippen LogP contribution in [-0.2, 0) is 0 Å². The number of hydrogen-bond donors (Lipinski definition) is 0. The lowest BCUT2D eigenvalue weighted by Crippen LogP contribution is -2.47. The van der Waals surface area contributed by atoms with Gasteiger partial charge in [-0.25, -0.2) is 0 Å². The lowest BCUT2D eigenvalue weighted by molar-refractivity contribution is 0.0642. The molecule has 5 nitrogen and oxygen atoms in total. The van der Waals surface area contributed by atoms with Crippen molar-refractivity contribution >= 4 is 16.9 Å². The van der Waals surface area contributed by atoms with Crippen LogP contribution in [0.25, 0.3) is 11.0 Å². The number of carbonyl (C=O) groups is 1. The summed E-state index contributed by atoms with van der Waals surface area (Å²) in [6, 6.07) is 8.35. The molecule has 0 spiro atoms. The molecule has 0 radical (unpaired) electrons. The summed E-state index contributed by atoms with van der Waals surface area (Å²) in [5, 5.41) is 4.77. The summed E-state index contributed by atoms with van der Waals surface area (Å²) in [5.41, 5.74) is 1.12. The van der Waals surface area contributed by atoms with Crippen molar-refractivity contribution in [2.45, 2.75) is 18.5 Å². The van der Waals surface area contributed by atoms with Gasteiger partial charge < -0.3 is 9.42 Å². The number of fused-ring (bicyclic) bond motifs is 3. The Bertz CT molecular complexity index is 649.